The molecule has 108 valence electrons. The van der Waals surface area contributed by atoms with Crippen LogP contribution in [-0.4, -0.2) is 28.9 Å². The fraction of sp³-hybridized carbons (Fsp3) is 0.462. The summed E-state index contributed by atoms with van der Waals surface area (Å²) in [5, 5.41) is 9.12. The number of rotatable bonds is 5. The van der Waals surface area contributed by atoms with E-state index in [2.05, 4.69) is 10.4 Å². The van der Waals surface area contributed by atoms with E-state index in [1.54, 1.807) is 6.92 Å². The summed E-state index contributed by atoms with van der Waals surface area (Å²) in [7, 11) is 0. The van der Waals surface area contributed by atoms with Gasteiger partial charge in [0.1, 0.15) is 11.2 Å². The lowest BCUT2D eigenvalue weighted by Gasteiger charge is -2.05. The molecule has 0 spiro atoms. The third kappa shape index (κ3) is 2.82. The number of carbonyl (C=O) groups is 1. The summed E-state index contributed by atoms with van der Waals surface area (Å²) in [5.74, 6) is -0.454. The Balaban J connectivity index is 2.45. The fourth-order valence-electron chi connectivity index (χ4n) is 1.91. The van der Waals surface area contributed by atoms with Crippen LogP contribution in [0.2, 0.25) is 0 Å². The number of hydrogen-bond acceptors (Lipinski definition) is 6. The summed E-state index contributed by atoms with van der Waals surface area (Å²) in [4.78, 5) is 23.8. The summed E-state index contributed by atoms with van der Waals surface area (Å²) in [6, 6.07) is 1.92. The van der Waals surface area contributed by atoms with E-state index >= 15 is 0 Å². The zero-order chi connectivity index (χ0) is 14.7. The van der Waals surface area contributed by atoms with E-state index in [1.165, 1.54) is 16.0 Å². The van der Waals surface area contributed by atoms with E-state index in [4.69, 9.17) is 4.74 Å². The van der Waals surface area contributed by atoms with Crippen molar-refractivity contribution in [3.05, 3.63) is 22.1 Å². The Morgan fingerprint density at radius 1 is 1.50 bits per heavy atom. The quantitative estimate of drug-likeness (QED) is 0.851. The van der Waals surface area contributed by atoms with Crippen molar-refractivity contribution in [2.24, 2.45) is 0 Å². The van der Waals surface area contributed by atoms with Gasteiger partial charge < -0.3 is 10.1 Å². The van der Waals surface area contributed by atoms with Gasteiger partial charge in [-0.3, -0.25) is 9.59 Å². The third-order valence-corrected chi connectivity index (χ3v) is 3.84. The molecule has 0 aliphatic heterocycles. The van der Waals surface area contributed by atoms with Crippen LogP contribution in [0.5, 0.6) is 0 Å². The molecule has 2 aromatic heterocycles. The number of anilines is 1. The Morgan fingerprint density at radius 2 is 2.25 bits per heavy atom. The van der Waals surface area contributed by atoms with Crippen LogP contribution < -0.4 is 10.9 Å². The summed E-state index contributed by atoms with van der Waals surface area (Å²) >= 11 is 1.38. The van der Waals surface area contributed by atoms with Crippen molar-refractivity contribution in [1.29, 1.82) is 0 Å². The number of hydrogen-bond donors (Lipinski definition) is 1. The number of aromatic nitrogens is 2. The van der Waals surface area contributed by atoms with Gasteiger partial charge >= 0.3 is 5.97 Å². The highest BCUT2D eigenvalue weighted by molar-refractivity contribution is 7.22. The lowest BCUT2D eigenvalue weighted by atomic mass is 10.3. The number of esters is 1. The van der Waals surface area contributed by atoms with Crippen LogP contribution in [0, 0.1) is 6.92 Å². The molecule has 0 aliphatic carbocycles. The molecule has 0 aliphatic rings. The van der Waals surface area contributed by atoms with Gasteiger partial charge in [-0.05, 0) is 26.8 Å². The Kier molecular flexibility index (Phi) is 4.39. The molecule has 0 aromatic carbocycles. The van der Waals surface area contributed by atoms with E-state index in [9.17, 15) is 9.59 Å². The number of nitrogens with one attached hydrogen (secondary N) is 1. The largest absolute Gasteiger partial charge is 0.465 e. The van der Waals surface area contributed by atoms with Gasteiger partial charge in [-0.2, -0.15) is 5.10 Å². The number of aryl methyl sites for hydroxylation is 1. The van der Waals surface area contributed by atoms with Crippen LogP contribution in [0.3, 0.4) is 0 Å². The molecule has 0 fully saturated rings. The first-order valence-electron chi connectivity index (χ1n) is 6.47. The minimum atomic E-state index is -0.454. The minimum Gasteiger partial charge on any atom is -0.465 e. The molecule has 0 saturated carbocycles. The zero-order valence-corrected chi connectivity index (χ0v) is 12.5. The van der Waals surface area contributed by atoms with E-state index in [0.717, 1.165) is 22.6 Å². The van der Waals surface area contributed by atoms with Gasteiger partial charge in [0, 0.05) is 11.9 Å². The Labute approximate surface area is 120 Å². The molecule has 0 unspecified atom stereocenters. The number of ether oxygens (including phenoxy) is 1. The number of carbonyl (C=O) groups excluding carboxylic acids is 1. The molecule has 2 aromatic rings. The summed E-state index contributed by atoms with van der Waals surface area (Å²) in [6.07, 6.45) is 0. The predicted molar refractivity (Wildman–Crippen MR) is 79.4 cm³/mol. The second-order valence-electron chi connectivity index (χ2n) is 4.24. The smallest absolute Gasteiger partial charge is 0.327 e. The van der Waals surface area contributed by atoms with Gasteiger partial charge in [0.2, 0.25) is 0 Å². The van der Waals surface area contributed by atoms with Gasteiger partial charge in [0.25, 0.3) is 5.56 Å². The maximum absolute atomic E-state index is 12.3. The molecule has 0 amide bonds. The van der Waals surface area contributed by atoms with Crippen molar-refractivity contribution < 1.29 is 9.53 Å². The number of fused-ring (bicyclic) bond motifs is 1. The summed E-state index contributed by atoms with van der Waals surface area (Å²) in [6.45, 7) is 6.47. The molecule has 0 saturated heterocycles. The first-order valence-corrected chi connectivity index (χ1v) is 7.29. The topological polar surface area (TPSA) is 73.2 Å². The predicted octanol–water partition coefficient (Wildman–Crippen LogP) is 1.76. The normalized spacial score (nSPS) is 10.8. The standard InChI is InChI=1S/C13H17N3O3S/c1-4-14-10-6-9-8(3)15-16(7-11(17)19-5-2)13(18)12(9)20-10/h6,14H,4-5,7H2,1-3H3. The first-order chi connectivity index (χ1) is 9.56. The maximum Gasteiger partial charge on any atom is 0.327 e. The molecule has 6 nitrogen and oxygen atoms in total. The van der Waals surface area contributed by atoms with Gasteiger partial charge in [0.15, 0.2) is 0 Å². The molecule has 0 radical (unpaired) electrons. The molecule has 20 heavy (non-hydrogen) atoms. The van der Waals surface area contributed by atoms with Crippen LogP contribution in [0.4, 0.5) is 5.00 Å². The number of thiophene rings is 1. The minimum absolute atomic E-state index is 0.155. The highest BCUT2D eigenvalue weighted by Crippen LogP contribution is 2.28. The zero-order valence-electron chi connectivity index (χ0n) is 11.7. The van der Waals surface area contributed by atoms with Gasteiger partial charge in [0.05, 0.1) is 17.3 Å². The van der Waals surface area contributed by atoms with E-state index in [0.29, 0.717) is 11.3 Å². The van der Waals surface area contributed by atoms with E-state index < -0.39 is 5.97 Å². The van der Waals surface area contributed by atoms with Crippen molar-refractivity contribution >= 4 is 32.4 Å². The fourth-order valence-corrected chi connectivity index (χ4v) is 3.04. The van der Waals surface area contributed by atoms with E-state index in [1.807, 2.05) is 19.9 Å². The highest BCUT2D eigenvalue weighted by Gasteiger charge is 2.14. The first kappa shape index (κ1) is 14.5. The second-order valence-corrected chi connectivity index (χ2v) is 5.29. The third-order valence-electron chi connectivity index (χ3n) is 2.76. The van der Waals surface area contributed by atoms with Crippen LogP contribution in [-0.2, 0) is 16.1 Å². The monoisotopic (exact) mass is 295 g/mol. The molecule has 0 atom stereocenters. The molecule has 2 rings (SSSR count). The van der Waals surface area contributed by atoms with Crippen LogP contribution >= 0.6 is 11.3 Å². The molecular weight excluding hydrogens is 278 g/mol. The lowest BCUT2D eigenvalue weighted by Crippen LogP contribution is -2.27. The van der Waals surface area contributed by atoms with Crippen molar-refractivity contribution in [2.45, 2.75) is 27.3 Å². The Morgan fingerprint density at radius 3 is 2.90 bits per heavy atom. The molecule has 7 heteroatoms. The summed E-state index contributed by atoms with van der Waals surface area (Å²) < 4.78 is 6.63. The maximum atomic E-state index is 12.3. The molecule has 2 heterocycles. The van der Waals surface area contributed by atoms with Crippen molar-refractivity contribution in [2.75, 3.05) is 18.5 Å². The highest BCUT2D eigenvalue weighted by atomic mass is 32.1. The Hall–Kier alpha value is -1.89. The molecular formula is C13H17N3O3S. The van der Waals surface area contributed by atoms with E-state index in [-0.39, 0.29) is 12.1 Å². The van der Waals surface area contributed by atoms with Gasteiger partial charge in [-0.25, -0.2) is 4.68 Å². The van der Waals surface area contributed by atoms with Crippen molar-refractivity contribution in [3.8, 4) is 0 Å². The molecule has 1 N–H and O–H groups in total. The van der Waals surface area contributed by atoms with Gasteiger partial charge in [-0.1, -0.05) is 0 Å². The van der Waals surface area contributed by atoms with Crippen LogP contribution in [0.25, 0.3) is 10.1 Å². The Bertz CT molecular complexity index is 690. The summed E-state index contributed by atoms with van der Waals surface area (Å²) in [5.41, 5.74) is 0.470. The van der Waals surface area contributed by atoms with Crippen molar-refractivity contribution in [3.63, 3.8) is 0 Å². The average Bonchev–Trinajstić information content (AvgIpc) is 2.81. The van der Waals surface area contributed by atoms with Crippen LogP contribution in [0.1, 0.15) is 19.5 Å². The number of nitrogens with zero attached hydrogens (tertiary/aromatic N) is 2. The van der Waals surface area contributed by atoms with Crippen LogP contribution in [0.15, 0.2) is 10.9 Å². The molecule has 0 bridgehead atoms. The van der Waals surface area contributed by atoms with Gasteiger partial charge in [-0.15, -0.1) is 11.3 Å². The average molecular weight is 295 g/mol. The second kappa shape index (κ2) is 6.04. The SMILES string of the molecule is CCNc1cc2c(C)nn(CC(=O)OCC)c(=O)c2s1. The lowest BCUT2D eigenvalue weighted by molar-refractivity contribution is -0.144. The van der Waals surface area contributed by atoms with Crippen molar-refractivity contribution in [1.82, 2.24) is 9.78 Å².